The van der Waals surface area contributed by atoms with E-state index in [1.807, 2.05) is 0 Å². The zero-order valence-corrected chi connectivity index (χ0v) is 13.1. The van der Waals surface area contributed by atoms with Crippen LogP contribution >= 0.6 is 0 Å². The molecular formula is C18H16F4N2O. The molecule has 0 spiro atoms. The molecule has 2 atom stereocenters. The summed E-state index contributed by atoms with van der Waals surface area (Å²) in [5, 5.41) is 2.71. The number of benzene rings is 2. The number of halogens is 4. The van der Waals surface area contributed by atoms with Gasteiger partial charge in [-0.15, -0.1) is 0 Å². The number of alkyl halides is 3. The molecule has 7 heteroatoms. The first kappa shape index (κ1) is 17.4. The third kappa shape index (κ3) is 3.51. The van der Waals surface area contributed by atoms with E-state index in [-0.39, 0.29) is 11.4 Å². The van der Waals surface area contributed by atoms with E-state index in [0.717, 1.165) is 12.1 Å². The van der Waals surface area contributed by atoms with Crippen molar-refractivity contribution >= 4 is 5.91 Å². The first-order chi connectivity index (χ1) is 11.8. The topological polar surface area (TPSA) is 55.1 Å². The molecule has 0 aromatic heterocycles. The quantitative estimate of drug-likeness (QED) is 0.829. The minimum Gasteiger partial charge on any atom is -0.348 e. The van der Waals surface area contributed by atoms with Crippen molar-refractivity contribution < 1.29 is 22.4 Å². The molecule has 0 radical (unpaired) electrons. The van der Waals surface area contributed by atoms with Gasteiger partial charge in [-0.05, 0) is 47.7 Å². The van der Waals surface area contributed by atoms with Crippen molar-refractivity contribution in [1.29, 1.82) is 0 Å². The van der Waals surface area contributed by atoms with Crippen molar-refractivity contribution in [2.24, 2.45) is 5.73 Å². The number of nitrogens with one attached hydrogen (secondary N) is 1. The molecule has 0 saturated heterocycles. The summed E-state index contributed by atoms with van der Waals surface area (Å²) in [7, 11) is 0. The Morgan fingerprint density at radius 2 is 1.92 bits per heavy atom. The van der Waals surface area contributed by atoms with Gasteiger partial charge in [0.05, 0.1) is 11.6 Å². The van der Waals surface area contributed by atoms with E-state index in [1.165, 1.54) is 18.2 Å². The number of carbonyl (C=O) groups excluding carboxylic acids is 1. The Labute approximate surface area is 141 Å². The maximum Gasteiger partial charge on any atom is 0.416 e. The molecule has 1 amide bonds. The Morgan fingerprint density at radius 3 is 2.64 bits per heavy atom. The van der Waals surface area contributed by atoms with Gasteiger partial charge in [0.2, 0.25) is 5.91 Å². The minimum atomic E-state index is -4.51. The molecule has 0 fully saturated rings. The number of carbonyl (C=O) groups is 1. The number of nitrogens with two attached hydrogens (primary N) is 1. The number of amides is 1. The van der Waals surface area contributed by atoms with Crippen molar-refractivity contribution in [2.45, 2.75) is 31.1 Å². The van der Waals surface area contributed by atoms with E-state index >= 15 is 0 Å². The normalized spacial score (nSPS) is 17.9. The van der Waals surface area contributed by atoms with E-state index in [1.54, 1.807) is 12.1 Å². The van der Waals surface area contributed by atoms with Crippen LogP contribution < -0.4 is 11.1 Å². The van der Waals surface area contributed by atoms with Crippen molar-refractivity contribution in [2.75, 3.05) is 0 Å². The highest BCUT2D eigenvalue weighted by molar-refractivity contribution is 5.83. The maximum absolute atomic E-state index is 13.7. The van der Waals surface area contributed by atoms with Crippen LogP contribution in [0.4, 0.5) is 17.6 Å². The molecule has 3 N–H and O–H groups in total. The lowest BCUT2D eigenvalue weighted by Gasteiger charge is -2.19. The van der Waals surface area contributed by atoms with Gasteiger partial charge in [-0.2, -0.15) is 13.2 Å². The Bertz CT molecular complexity index is 804. The summed E-state index contributed by atoms with van der Waals surface area (Å²) >= 11 is 0. The third-order valence-corrected chi connectivity index (χ3v) is 4.39. The maximum atomic E-state index is 13.7. The molecule has 25 heavy (non-hydrogen) atoms. The first-order valence-electron chi connectivity index (χ1n) is 7.78. The van der Waals surface area contributed by atoms with E-state index in [0.29, 0.717) is 24.0 Å². The molecule has 1 aliphatic carbocycles. The van der Waals surface area contributed by atoms with Gasteiger partial charge in [-0.25, -0.2) is 4.39 Å². The highest BCUT2D eigenvalue weighted by Crippen LogP contribution is 2.33. The van der Waals surface area contributed by atoms with E-state index in [2.05, 4.69) is 5.32 Å². The molecule has 1 aliphatic rings. The van der Waals surface area contributed by atoms with Crippen molar-refractivity contribution in [3.8, 4) is 0 Å². The Hall–Kier alpha value is -2.41. The monoisotopic (exact) mass is 352 g/mol. The van der Waals surface area contributed by atoms with Crippen molar-refractivity contribution in [1.82, 2.24) is 5.32 Å². The molecule has 2 aromatic rings. The van der Waals surface area contributed by atoms with Gasteiger partial charge >= 0.3 is 6.18 Å². The Kier molecular flexibility index (Phi) is 4.51. The lowest BCUT2D eigenvalue weighted by atomic mass is 10.0. The summed E-state index contributed by atoms with van der Waals surface area (Å²) in [5.74, 6) is -0.919. The van der Waals surface area contributed by atoms with Gasteiger partial charge in [0.1, 0.15) is 11.9 Å². The predicted molar refractivity (Wildman–Crippen MR) is 84.0 cm³/mol. The number of hydrogen-bond acceptors (Lipinski definition) is 2. The first-order valence-corrected chi connectivity index (χ1v) is 7.78. The Balaban J connectivity index is 1.76. The molecule has 132 valence electrons. The van der Waals surface area contributed by atoms with Crippen LogP contribution in [0.3, 0.4) is 0 Å². The SMILES string of the molecule is NC(C(=O)NC1CCc2c(F)cccc21)c1cccc(C(F)(F)F)c1. The number of fused-ring (bicyclic) bond motifs is 1. The van der Waals surface area contributed by atoms with Crippen LogP contribution in [-0.4, -0.2) is 5.91 Å². The van der Waals surface area contributed by atoms with Gasteiger partial charge in [0.15, 0.2) is 0 Å². The number of rotatable bonds is 3. The average molecular weight is 352 g/mol. The van der Waals surface area contributed by atoms with E-state index in [4.69, 9.17) is 5.73 Å². The van der Waals surface area contributed by atoms with E-state index < -0.39 is 29.7 Å². The van der Waals surface area contributed by atoms with Crippen LogP contribution in [0, 0.1) is 5.82 Å². The number of hydrogen-bond donors (Lipinski definition) is 2. The molecule has 3 rings (SSSR count). The summed E-state index contributed by atoms with van der Waals surface area (Å²) in [6.45, 7) is 0. The molecule has 0 aliphatic heterocycles. The minimum absolute atomic E-state index is 0.0739. The molecule has 2 unspecified atom stereocenters. The second-order valence-electron chi connectivity index (χ2n) is 6.01. The van der Waals surface area contributed by atoms with Crippen LogP contribution in [-0.2, 0) is 17.4 Å². The standard InChI is InChI=1S/C18H16F4N2O/c19-14-6-2-5-13-12(14)7-8-15(13)24-17(25)16(23)10-3-1-4-11(9-10)18(20,21)22/h1-6,9,15-16H,7-8,23H2,(H,24,25). The van der Waals surface area contributed by atoms with Crippen LogP contribution in [0.2, 0.25) is 0 Å². The van der Waals surface area contributed by atoms with Crippen LogP contribution in [0.1, 0.15) is 40.8 Å². The third-order valence-electron chi connectivity index (χ3n) is 4.39. The highest BCUT2D eigenvalue weighted by Gasteiger charge is 2.32. The van der Waals surface area contributed by atoms with Gasteiger partial charge in [-0.3, -0.25) is 4.79 Å². The smallest absolute Gasteiger partial charge is 0.348 e. The molecule has 2 aromatic carbocycles. The summed E-state index contributed by atoms with van der Waals surface area (Å²) in [5.41, 5.74) is 6.28. The fourth-order valence-corrected chi connectivity index (χ4v) is 3.08. The summed E-state index contributed by atoms with van der Waals surface area (Å²) < 4.78 is 52.1. The van der Waals surface area contributed by atoms with Crippen LogP contribution in [0.15, 0.2) is 42.5 Å². The molecule has 0 heterocycles. The second-order valence-corrected chi connectivity index (χ2v) is 6.01. The highest BCUT2D eigenvalue weighted by atomic mass is 19.4. The van der Waals surface area contributed by atoms with Crippen molar-refractivity contribution in [3.05, 3.63) is 70.5 Å². The zero-order chi connectivity index (χ0) is 18.2. The average Bonchev–Trinajstić information content (AvgIpc) is 2.98. The van der Waals surface area contributed by atoms with Gasteiger partial charge < -0.3 is 11.1 Å². The molecular weight excluding hydrogens is 336 g/mol. The summed E-state index contributed by atoms with van der Waals surface area (Å²) in [6, 6.07) is 7.40. The molecule has 3 nitrogen and oxygen atoms in total. The Morgan fingerprint density at radius 1 is 1.20 bits per heavy atom. The molecule has 0 bridgehead atoms. The van der Waals surface area contributed by atoms with Gasteiger partial charge in [0, 0.05) is 0 Å². The van der Waals surface area contributed by atoms with Crippen LogP contribution in [0.5, 0.6) is 0 Å². The lowest BCUT2D eigenvalue weighted by molar-refractivity contribution is -0.137. The second kappa shape index (κ2) is 6.48. The van der Waals surface area contributed by atoms with Gasteiger partial charge in [0.25, 0.3) is 0 Å². The fourth-order valence-electron chi connectivity index (χ4n) is 3.08. The summed E-state index contributed by atoms with van der Waals surface area (Å²) in [4.78, 5) is 12.3. The largest absolute Gasteiger partial charge is 0.416 e. The fraction of sp³-hybridized carbons (Fsp3) is 0.278. The summed E-state index contributed by atoms with van der Waals surface area (Å²) in [6.07, 6.45) is -3.49. The van der Waals surface area contributed by atoms with E-state index in [9.17, 15) is 22.4 Å². The lowest BCUT2D eigenvalue weighted by Crippen LogP contribution is -2.36. The van der Waals surface area contributed by atoms with Crippen LogP contribution in [0.25, 0.3) is 0 Å². The van der Waals surface area contributed by atoms with Gasteiger partial charge in [-0.1, -0.05) is 24.3 Å². The predicted octanol–water partition coefficient (Wildman–Crippen LogP) is 3.65. The zero-order valence-electron chi connectivity index (χ0n) is 13.1. The van der Waals surface area contributed by atoms with Crippen molar-refractivity contribution in [3.63, 3.8) is 0 Å². The molecule has 0 saturated carbocycles.